The molecule has 0 saturated heterocycles. The zero-order chi connectivity index (χ0) is 16.1. The number of amides is 1. The Bertz CT molecular complexity index is 712. The number of H-pyrrole nitrogens is 1. The second kappa shape index (κ2) is 7.08. The Morgan fingerprint density at radius 1 is 1.55 bits per heavy atom. The molecule has 1 heterocycles. The van der Waals surface area contributed by atoms with Crippen molar-refractivity contribution in [1.82, 2.24) is 15.6 Å². The van der Waals surface area contributed by atoms with E-state index in [2.05, 4.69) is 36.7 Å². The number of aromatic hydroxyl groups is 1. The molecule has 0 aliphatic rings. The molecule has 116 valence electrons. The van der Waals surface area contributed by atoms with Crippen molar-refractivity contribution in [3.05, 3.63) is 39.6 Å². The second-order valence-electron chi connectivity index (χ2n) is 4.42. The number of halogens is 1. The molecule has 1 amide bonds. The summed E-state index contributed by atoms with van der Waals surface area (Å²) in [6.07, 6.45) is 1.45. The number of hydrogen-bond acceptors (Lipinski definition) is 5. The maximum atomic E-state index is 11.8. The van der Waals surface area contributed by atoms with Gasteiger partial charge in [-0.3, -0.25) is 9.89 Å². The molecule has 0 atom stereocenters. The monoisotopic (exact) mass is 366 g/mol. The smallest absolute Gasteiger partial charge is 0.291 e. The standard InChI is InChI=1S/C14H15BrN4O3/c1-3-22-12-6-9(5-10(15)13(12)20)7-16-19-14(21)11-4-8(2)17-18-11/h4-7,20H,3H2,1-2H3,(H,17,18)(H,19,21). The zero-order valence-corrected chi connectivity index (χ0v) is 13.6. The highest BCUT2D eigenvalue weighted by Crippen LogP contribution is 2.34. The maximum Gasteiger partial charge on any atom is 0.291 e. The number of phenolic OH excluding ortho intramolecular Hbond substituents is 1. The van der Waals surface area contributed by atoms with Crippen LogP contribution in [-0.2, 0) is 0 Å². The first-order chi connectivity index (χ1) is 10.5. The van der Waals surface area contributed by atoms with Crippen molar-refractivity contribution in [1.29, 1.82) is 0 Å². The first-order valence-corrected chi connectivity index (χ1v) is 7.31. The number of carbonyl (C=O) groups excluding carboxylic acids is 1. The van der Waals surface area contributed by atoms with Crippen molar-refractivity contribution >= 4 is 28.1 Å². The van der Waals surface area contributed by atoms with Crippen molar-refractivity contribution in [3.8, 4) is 11.5 Å². The molecule has 0 fully saturated rings. The highest BCUT2D eigenvalue weighted by atomic mass is 79.9. The Hall–Kier alpha value is -2.35. The third-order valence-electron chi connectivity index (χ3n) is 2.67. The van der Waals surface area contributed by atoms with Crippen molar-refractivity contribution < 1.29 is 14.6 Å². The van der Waals surface area contributed by atoms with Crippen molar-refractivity contribution in [2.45, 2.75) is 13.8 Å². The fraction of sp³-hybridized carbons (Fsp3) is 0.214. The molecule has 0 bridgehead atoms. The molecule has 8 heteroatoms. The highest BCUT2D eigenvalue weighted by Gasteiger charge is 2.09. The normalized spacial score (nSPS) is 10.9. The largest absolute Gasteiger partial charge is 0.503 e. The lowest BCUT2D eigenvalue weighted by molar-refractivity contribution is 0.0950. The molecule has 0 aliphatic heterocycles. The molecule has 7 nitrogen and oxygen atoms in total. The van der Waals surface area contributed by atoms with E-state index >= 15 is 0 Å². The number of hydrazone groups is 1. The lowest BCUT2D eigenvalue weighted by Crippen LogP contribution is -2.18. The minimum atomic E-state index is -0.413. The molecule has 3 N–H and O–H groups in total. The van der Waals surface area contributed by atoms with Gasteiger partial charge >= 0.3 is 0 Å². The molecule has 1 aromatic heterocycles. The van der Waals surface area contributed by atoms with Crippen LogP contribution in [0, 0.1) is 6.92 Å². The molecule has 0 spiro atoms. The van der Waals surface area contributed by atoms with E-state index in [1.807, 2.05) is 6.92 Å². The first-order valence-electron chi connectivity index (χ1n) is 6.52. The van der Waals surface area contributed by atoms with Crippen LogP contribution in [0.25, 0.3) is 0 Å². The van der Waals surface area contributed by atoms with Gasteiger partial charge in [-0.05, 0) is 53.5 Å². The fourth-order valence-electron chi connectivity index (χ4n) is 1.69. The molecule has 0 unspecified atom stereocenters. The molecule has 0 radical (unpaired) electrons. The molecule has 22 heavy (non-hydrogen) atoms. The Kier molecular flexibility index (Phi) is 5.16. The third kappa shape index (κ3) is 3.85. The topological polar surface area (TPSA) is 99.6 Å². The third-order valence-corrected chi connectivity index (χ3v) is 3.27. The van der Waals surface area contributed by atoms with E-state index in [4.69, 9.17) is 4.74 Å². The second-order valence-corrected chi connectivity index (χ2v) is 5.27. The summed E-state index contributed by atoms with van der Waals surface area (Å²) in [5.41, 5.74) is 4.09. The van der Waals surface area contributed by atoms with Gasteiger partial charge in [0.05, 0.1) is 17.3 Å². The number of rotatable bonds is 5. The number of nitrogens with one attached hydrogen (secondary N) is 2. The van der Waals surface area contributed by atoms with E-state index in [1.54, 1.807) is 25.1 Å². The SMILES string of the molecule is CCOc1cc(C=NNC(=O)c2cc(C)[nH]n2)cc(Br)c1O. The molecule has 0 saturated carbocycles. The number of aromatic amines is 1. The summed E-state index contributed by atoms with van der Waals surface area (Å²) in [7, 11) is 0. The van der Waals surface area contributed by atoms with Crippen molar-refractivity contribution in [3.63, 3.8) is 0 Å². The van der Waals surface area contributed by atoms with Crippen LogP contribution in [0.4, 0.5) is 0 Å². The summed E-state index contributed by atoms with van der Waals surface area (Å²) >= 11 is 3.23. The summed E-state index contributed by atoms with van der Waals surface area (Å²) in [4.78, 5) is 11.8. The molecular weight excluding hydrogens is 352 g/mol. The average Bonchev–Trinajstić information content (AvgIpc) is 2.91. The number of phenols is 1. The van der Waals surface area contributed by atoms with Crippen LogP contribution in [0.1, 0.15) is 28.7 Å². The molecule has 2 rings (SSSR count). The first kappa shape index (κ1) is 16.0. The van der Waals surface area contributed by atoms with Gasteiger partial charge in [0.2, 0.25) is 0 Å². The van der Waals surface area contributed by atoms with Crippen molar-refractivity contribution in [2.24, 2.45) is 5.10 Å². The fourth-order valence-corrected chi connectivity index (χ4v) is 2.15. The number of carbonyl (C=O) groups is 1. The number of hydrogen-bond donors (Lipinski definition) is 3. The van der Waals surface area contributed by atoms with Gasteiger partial charge in [0.15, 0.2) is 17.2 Å². The predicted molar refractivity (Wildman–Crippen MR) is 85.4 cm³/mol. The van der Waals surface area contributed by atoms with Crippen molar-refractivity contribution in [2.75, 3.05) is 6.61 Å². The van der Waals surface area contributed by atoms with E-state index in [9.17, 15) is 9.90 Å². The van der Waals surface area contributed by atoms with E-state index in [1.165, 1.54) is 6.21 Å². The molecule has 1 aromatic carbocycles. The van der Waals surface area contributed by atoms with Crippen LogP contribution in [0.15, 0.2) is 27.8 Å². The summed E-state index contributed by atoms with van der Waals surface area (Å²) < 4.78 is 5.80. The Morgan fingerprint density at radius 3 is 2.95 bits per heavy atom. The van der Waals surface area contributed by atoms with Gasteiger partial charge in [0.25, 0.3) is 5.91 Å². The maximum absolute atomic E-state index is 11.8. The average molecular weight is 367 g/mol. The van der Waals surface area contributed by atoms with E-state index in [0.717, 1.165) is 5.69 Å². The predicted octanol–water partition coefficient (Wildman–Crippen LogP) is 2.35. The zero-order valence-electron chi connectivity index (χ0n) is 12.1. The highest BCUT2D eigenvalue weighted by molar-refractivity contribution is 9.10. The number of benzene rings is 1. The molecular formula is C14H15BrN4O3. The minimum absolute atomic E-state index is 0.0232. The lowest BCUT2D eigenvalue weighted by atomic mass is 10.2. The quantitative estimate of drug-likeness (QED) is 0.558. The number of aromatic nitrogens is 2. The lowest BCUT2D eigenvalue weighted by Gasteiger charge is -2.08. The summed E-state index contributed by atoms with van der Waals surface area (Å²) in [5, 5.41) is 20.2. The van der Waals surface area contributed by atoms with Gasteiger partial charge in [-0.25, -0.2) is 5.43 Å². The summed E-state index contributed by atoms with van der Waals surface area (Å²) in [6.45, 7) is 4.05. The minimum Gasteiger partial charge on any atom is -0.503 e. The van der Waals surface area contributed by atoms with Gasteiger partial charge in [0, 0.05) is 5.69 Å². The number of nitrogens with zero attached hydrogens (tertiary/aromatic N) is 2. The molecule has 2 aromatic rings. The van der Waals surface area contributed by atoms with Gasteiger partial charge in [0.1, 0.15) is 0 Å². The van der Waals surface area contributed by atoms with E-state index < -0.39 is 5.91 Å². The van der Waals surface area contributed by atoms with Gasteiger partial charge in [-0.2, -0.15) is 10.2 Å². The van der Waals surface area contributed by atoms with Gasteiger partial charge in [-0.1, -0.05) is 0 Å². The van der Waals surface area contributed by atoms with Crippen LogP contribution in [0.3, 0.4) is 0 Å². The van der Waals surface area contributed by atoms with Crippen LogP contribution in [0.2, 0.25) is 0 Å². The van der Waals surface area contributed by atoms with Crippen LogP contribution < -0.4 is 10.2 Å². The van der Waals surface area contributed by atoms with Gasteiger partial charge in [-0.15, -0.1) is 0 Å². The van der Waals surface area contributed by atoms with E-state index in [-0.39, 0.29) is 11.4 Å². The summed E-state index contributed by atoms with van der Waals surface area (Å²) in [5.74, 6) is -0.0499. The van der Waals surface area contributed by atoms with Crippen LogP contribution in [0.5, 0.6) is 11.5 Å². The number of aryl methyl sites for hydroxylation is 1. The Balaban J connectivity index is 2.08. The van der Waals surface area contributed by atoms with Gasteiger partial charge < -0.3 is 9.84 Å². The number of ether oxygens (including phenoxy) is 1. The van der Waals surface area contributed by atoms with Crippen LogP contribution >= 0.6 is 15.9 Å². The van der Waals surface area contributed by atoms with E-state index in [0.29, 0.717) is 22.4 Å². The summed E-state index contributed by atoms with van der Waals surface area (Å²) in [6, 6.07) is 4.90. The Morgan fingerprint density at radius 2 is 2.32 bits per heavy atom. The Labute approximate surface area is 135 Å². The molecule has 0 aliphatic carbocycles. The van der Waals surface area contributed by atoms with Crippen LogP contribution in [-0.4, -0.2) is 34.0 Å².